The van der Waals surface area contributed by atoms with Crippen LogP contribution in [0.3, 0.4) is 0 Å². The Labute approximate surface area is 175 Å². The van der Waals surface area contributed by atoms with Crippen molar-refractivity contribution in [2.45, 2.75) is 39.3 Å². The highest BCUT2D eigenvalue weighted by atomic mass is 16.5. The first-order valence-electron chi connectivity index (χ1n) is 10.3. The van der Waals surface area contributed by atoms with Crippen LogP contribution in [0.4, 0.5) is 0 Å². The van der Waals surface area contributed by atoms with Crippen molar-refractivity contribution in [2.75, 3.05) is 0 Å². The molecule has 2 heterocycles. The summed E-state index contributed by atoms with van der Waals surface area (Å²) in [5.41, 5.74) is 4.74. The van der Waals surface area contributed by atoms with E-state index >= 15 is 0 Å². The quantitative estimate of drug-likeness (QED) is 0.526. The number of aromatic nitrogens is 4. The summed E-state index contributed by atoms with van der Waals surface area (Å²) < 4.78 is 7.55. The van der Waals surface area contributed by atoms with E-state index in [2.05, 4.69) is 46.1 Å². The van der Waals surface area contributed by atoms with E-state index in [0.29, 0.717) is 18.3 Å². The maximum Gasteiger partial charge on any atom is 0.240 e. The van der Waals surface area contributed by atoms with Crippen molar-refractivity contribution in [1.29, 1.82) is 0 Å². The molecule has 5 rings (SSSR count). The second-order valence-corrected chi connectivity index (χ2v) is 8.65. The minimum absolute atomic E-state index is 0.168. The summed E-state index contributed by atoms with van der Waals surface area (Å²) in [6, 6.07) is 20.4. The molecular weight excluding hydrogens is 374 g/mol. The highest BCUT2D eigenvalue weighted by Gasteiger charge is 2.35. The number of rotatable bonds is 5. The zero-order valence-electron chi connectivity index (χ0n) is 17.2. The number of nitrogens with one attached hydrogen (secondary N) is 1. The predicted octanol–water partition coefficient (Wildman–Crippen LogP) is 4.73. The summed E-state index contributed by atoms with van der Waals surface area (Å²) in [7, 11) is 0. The zero-order chi connectivity index (χ0) is 20.6. The lowest BCUT2D eigenvalue weighted by Crippen LogP contribution is -2.33. The van der Waals surface area contributed by atoms with E-state index in [9.17, 15) is 0 Å². The van der Waals surface area contributed by atoms with Crippen LogP contribution in [-0.4, -0.2) is 19.9 Å². The van der Waals surface area contributed by atoms with E-state index in [1.165, 1.54) is 11.3 Å². The molecule has 1 N–H and O–H groups in total. The molecule has 0 amide bonds. The summed E-state index contributed by atoms with van der Waals surface area (Å²) in [5.74, 6) is 1.21. The number of benzene rings is 2. The monoisotopic (exact) mass is 399 g/mol. The standard InChI is InChI=1S/C24H25N5O/c1-24(2)13-20(19-15-26-29(21(19)14-24)18-11-7-4-8-12-18)25-16-22-27-23(28-30-22)17-9-5-3-6-10-17/h3-12,15,20,25H,13-14,16H2,1-2H3/t20-/m0/s1. The van der Waals surface area contributed by atoms with Crippen LogP contribution in [0.25, 0.3) is 17.1 Å². The van der Waals surface area contributed by atoms with Gasteiger partial charge >= 0.3 is 0 Å². The van der Waals surface area contributed by atoms with Gasteiger partial charge in [0.1, 0.15) is 0 Å². The molecule has 2 aromatic carbocycles. The van der Waals surface area contributed by atoms with Crippen molar-refractivity contribution < 1.29 is 4.52 Å². The van der Waals surface area contributed by atoms with Gasteiger partial charge in [-0.1, -0.05) is 67.5 Å². The third-order valence-corrected chi connectivity index (χ3v) is 5.68. The van der Waals surface area contributed by atoms with Crippen molar-refractivity contribution in [2.24, 2.45) is 5.41 Å². The molecule has 0 fully saturated rings. The zero-order valence-corrected chi connectivity index (χ0v) is 17.2. The molecule has 0 unspecified atom stereocenters. The van der Waals surface area contributed by atoms with E-state index < -0.39 is 0 Å². The SMILES string of the molecule is CC1(C)Cc2c(cnn2-c2ccccc2)[C@@H](NCc2nc(-c3ccccc3)no2)C1. The molecule has 1 aliphatic rings. The largest absolute Gasteiger partial charge is 0.338 e. The van der Waals surface area contributed by atoms with Crippen LogP contribution in [-0.2, 0) is 13.0 Å². The van der Waals surface area contributed by atoms with Gasteiger partial charge in [-0.05, 0) is 30.4 Å². The number of para-hydroxylation sites is 1. The Morgan fingerprint density at radius 3 is 2.57 bits per heavy atom. The molecule has 2 aromatic heterocycles. The fourth-order valence-corrected chi connectivity index (χ4v) is 4.26. The molecule has 1 atom stereocenters. The van der Waals surface area contributed by atoms with Crippen LogP contribution >= 0.6 is 0 Å². The fourth-order valence-electron chi connectivity index (χ4n) is 4.26. The Morgan fingerprint density at radius 1 is 1.07 bits per heavy atom. The normalized spacial score (nSPS) is 17.6. The van der Waals surface area contributed by atoms with E-state index in [1.807, 2.05) is 54.7 Å². The number of nitrogens with zero attached hydrogens (tertiary/aromatic N) is 4. The molecule has 0 saturated heterocycles. The topological polar surface area (TPSA) is 68.8 Å². The minimum atomic E-state index is 0.168. The molecule has 0 radical (unpaired) electrons. The van der Waals surface area contributed by atoms with Crippen LogP contribution in [0.2, 0.25) is 0 Å². The van der Waals surface area contributed by atoms with Crippen molar-refractivity contribution >= 4 is 0 Å². The first-order valence-corrected chi connectivity index (χ1v) is 10.3. The molecule has 1 aliphatic carbocycles. The van der Waals surface area contributed by atoms with Crippen molar-refractivity contribution in [3.63, 3.8) is 0 Å². The Hall–Kier alpha value is -3.25. The lowest BCUT2D eigenvalue weighted by atomic mass is 9.74. The molecule has 0 bridgehead atoms. The van der Waals surface area contributed by atoms with Crippen LogP contribution in [0, 0.1) is 5.41 Å². The Bertz CT molecular complexity index is 1130. The number of hydrogen-bond acceptors (Lipinski definition) is 5. The lowest BCUT2D eigenvalue weighted by Gasteiger charge is -2.36. The van der Waals surface area contributed by atoms with E-state index in [0.717, 1.165) is 24.1 Å². The molecule has 30 heavy (non-hydrogen) atoms. The molecule has 0 aliphatic heterocycles. The second-order valence-electron chi connectivity index (χ2n) is 8.65. The number of hydrogen-bond donors (Lipinski definition) is 1. The Kier molecular flexibility index (Phi) is 4.71. The first-order chi connectivity index (χ1) is 14.6. The van der Waals surface area contributed by atoms with E-state index in [1.54, 1.807) is 0 Å². The van der Waals surface area contributed by atoms with Gasteiger partial charge in [0.2, 0.25) is 11.7 Å². The molecular formula is C24H25N5O. The fraction of sp³-hybridized carbons (Fsp3) is 0.292. The second kappa shape index (κ2) is 7.54. The predicted molar refractivity (Wildman–Crippen MR) is 115 cm³/mol. The third kappa shape index (κ3) is 3.66. The number of fused-ring (bicyclic) bond motifs is 1. The average Bonchev–Trinajstić information content (AvgIpc) is 3.40. The molecule has 6 heteroatoms. The Morgan fingerprint density at radius 2 is 1.80 bits per heavy atom. The van der Waals surface area contributed by atoms with Crippen LogP contribution in [0.5, 0.6) is 0 Å². The van der Waals surface area contributed by atoms with Gasteiger partial charge < -0.3 is 9.84 Å². The molecule has 152 valence electrons. The van der Waals surface area contributed by atoms with Crippen molar-refractivity contribution in [1.82, 2.24) is 25.2 Å². The average molecular weight is 399 g/mol. The molecule has 0 spiro atoms. The van der Waals surface area contributed by atoms with Crippen LogP contribution in [0.15, 0.2) is 71.4 Å². The van der Waals surface area contributed by atoms with Gasteiger partial charge in [0.25, 0.3) is 0 Å². The van der Waals surface area contributed by atoms with Gasteiger partial charge in [-0.15, -0.1) is 0 Å². The van der Waals surface area contributed by atoms with E-state index in [4.69, 9.17) is 9.62 Å². The summed E-state index contributed by atoms with van der Waals surface area (Å²) in [4.78, 5) is 4.55. The highest BCUT2D eigenvalue weighted by Crippen LogP contribution is 2.41. The van der Waals surface area contributed by atoms with Crippen molar-refractivity contribution in [3.05, 3.63) is 84.0 Å². The smallest absolute Gasteiger partial charge is 0.240 e. The van der Waals surface area contributed by atoms with Gasteiger partial charge in [0.05, 0.1) is 18.4 Å². The van der Waals surface area contributed by atoms with Gasteiger partial charge in [-0.3, -0.25) is 0 Å². The maximum absolute atomic E-state index is 5.48. The molecule has 4 aromatic rings. The third-order valence-electron chi connectivity index (χ3n) is 5.68. The summed E-state index contributed by atoms with van der Waals surface area (Å²) >= 11 is 0. The van der Waals surface area contributed by atoms with Crippen molar-refractivity contribution in [3.8, 4) is 17.1 Å². The lowest BCUT2D eigenvalue weighted by molar-refractivity contribution is 0.246. The first kappa shape index (κ1) is 18.8. The van der Waals surface area contributed by atoms with Gasteiger partial charge in [-0.2, -0.15) is 10.1 Å². The summed E-state index contributed by atoms with van der Waals surface area (Å²) in [5, 5.41) is 12.5. The molecule has 6 nitrogen and oxygen atoms in total. The highest BCUT2D eigenvalue weighted by molar-refractivity contribution is 5.53. The minimum Gasteiger partial charge on any atom is -0.338 e. The van der Waals surface area contributed by atoms with Crippen LogP contribution in [0.1, 0.15) is 43.5 Å². The van der Waals surface area contributed by atoms with E-state index in [-0.39, 0.29) is 11.5 Å². The van der Waals surface area contributed by atoms with Gasteiger partial charge in [0.15, 0.2) is 0 Å². The van der Waals surface area contributed by atoms with Gasteiger partial charge in [-0.25, -0.2) is 4.68 Å². The maximum atomic E-state index is 5.48. The van der Waals surface area contributed by atoms with Gasteiger partial charge in [0, 0.05) is 22.9 Å². The van der Waals surface area contributed by atoms with Crippen LogP contribution < -0.4 is 5.32 Å². The summed E-state index contributed by atoms with van der Waals surface area (Å²) in [6.07, 6.45) is 4.02. The Balaban J connectivity index is 1.37. The molecule has 0 saturated carbocycles. The summed E-state index contributed by atoms with van der Waals surface area (Å²) in [6.45, 7) is 5.15.